The molecule has 1 atom stereocenters. The van der Waals surface area contributed by atoms with E-state index < -0.39 is 17.7 Å². The lowest BCUT2D eigenvalue weighted by Crippen LogP contribution is -2.44. The van der Waals surface area contributed by atoms with Crippen LogP contribution in [0.3, 0.4) is 0 Å². The highest BCUT2D eigenvalue weighted by Gasteiger charge is 2.28. The second kappa shape index (κ2) is 4.70. The molecular formula is C11H10BrF2NO2. The number of rotatable bonds is 1. The van der Waals surface area contributed by atoms with Crippen molar-refractivity contribution in [3.63, 3.8) is 0 Å². The van der Waals surface area contributed by atoms with Crippen molar-refractivity contribution in [1.82, 2.24) is 0 Å². The summed E-state index contributed by atoms with van der Waals surface area (Å²) in [6, 6.07) is 2.31. The van der Waals surface area contributed by atoms with Crippen LogP contribution in [0.15, 0.2) is 16.6 Å². The van der Waals surface area contributed by atoms with Crippen molar-refractivity contribution >= 4 is 27.4 Å². The third-order valence-electron chi connectivity index (χ3n) is 2.69. The molecule has 1 aliphatic heterocycles. The van der Waals surface area contributed by atoms with Gasteiger partial charge < -0.3 is 10.0 Å². The maximum atomic E-state index is 13.6. The van der Waals surface area contributed by atoms with Gasteiger partial charge in [0, 0.05) is 17.4 Å². The van der Waals surface area contributed by atoms with Crippen molar-refractivity contribution in [2.75, 3.05) is 18.0 Å². The van der Waals surface area contributed by atoms with Crippen molar-refractivity contribution in [3.8, 4) is 0 Å². The lowest BCUT2D eigenvalue weighted by Gasteiger charge is -2.31. The Kier molecular flexibility index (Phi) is 3.44. The van der Waals surface area contributed by atoms with Gasteiger partial charge in [-0.1, -0.05) is 15.9 Å². The van der Waals surface area contributed by atoms with Crippen LogP contribution in [0.2, 0.25) is 0 Å². The molecule has 17 heavy (non-hydrogen) atoms. The molecule has 1 heterocycles. The first-order valence-corrected chi connectivity index (χ1v) is 5.88. The Labute approximate surface area is 105 Å². The van der Waals surface area contributed by atoms with Gasteiger partial charge >= 0.3 is 0 Å². The van der Waals surface area contributed by atoms with E-state index in [2.05, 4.69) is 15.9 Å². The molecule has 1 fully saturated rings. The highest BCUT2D eigenvalue weighted by Crippen LogP contribution is 2.28. The van der Waals surface area contributed by atoms with E-state index >= 15 is 0 Å². The van der Waals surface area contributed by atoms with Gasteiger partial charge in [-0.15, -0.1) is 0 Å². The summed E-state index contributed by atoms with van der Waals surface area (Å²) in [6.45, 7) is 0.139. The van der Waals surface area contributed by atoms with Crippen LogP contribution in [-0.4, -0.2) is 30.1 Å². The fourth-order valence-electron chi connectivity index (χ4n) is 1.85. The number of halogens is 3. The number of aliphatic hydroxyl groups excluding tert-OH is 1. The molecule has 1 aromatic rings. The average Bonchev–Trinajstić information content (AvgIpc) is 2.21. The van der Waals surface area contributed by atoms with Gasteiger partial charge in [-0.2, -0.15) is 0 Å². The number of Topliss-reactive ketones (excluding diaryl/α,β-unsaturated/α-hetero) is 1. The maximum absolute atomic E-state index is 13.6. The first kappa shape index (κ1) is 12.4. The molecule has 6 heteroatoms. The van der Waals surface area contributed by atoms with Crippen LogP contribution in [0.1, 0.15) is 6.42 Å². The first-order valence-electron chi connectivity index (χ1n) is 5.09. The SMILES string of the molecule is O=C1CCN(c2c(F)cc(Br)cc2F)CC1O. The molecule has 0 aliphatic carbocycles. The number of nitrogens with zero attached hydrogens (tertiary/aromatic N) is 1. The Morgan fingerprint density at radius 2 is 1.94 bits per heavy atom. The van der Waals surface area contributed by atoms with Crippen LogP contribution >= 0.6 is 15.9 Å². The summed E-state index contributed by atoms with van der Waals surface area (Å²) in [7, 11) is 0. The molecule has 0 spiro atoms. The third-order valence-corrected chi connectivity index (χ3v) is 3.15. The van der Waals surface area contributed by atoms with Crippen LogP contribution in [0, 0.1) is 11.6 Å². The number of hydrogen-bond acceptors (Lipinski definition) is 3. The molecule has 3 nitrogen and oxygen atoms in total. The topological polar surface area (TPSA) is 40.5 Å². The van der Waals surface area contributed by atoms with E-state index in [-0.39, 0.29) is 31.0 Å². The Bertz CT molecular complexity index is 444. The van der Waals surface area contributed by atoms with Crippen LogP contribution < -0.4 is 4.90 Å². The molecule has 1 saturated heterocycles. The highest BCUT2D eigenvalue weighted by atomic mass is 79.9. The Balaban J connectivity index is 2.32. The number of β-amino-alcohol motifs (C(OH)–C–C–N with tert-alkyl or cyclic N) is 1. The van der Waals surface area contributed by atoms with Gasteiger partial charge in [-0.3, -0.25) is 4.79 Å². The predicted molar refractivity (Wildman–Crippen MR) is 61.9 cm³/mol. The molecule has 92 valence electrons. The van der Waals surface area contributed by atoms with Crippen molar-refractivity contribution < 1.29 is 18.7 Å². The van der Waals surface area contributed by atoms with Gasteiger partial charge in [-0.25, -0.2) is 8.78 Å². The van der Waals surface area contributed by atoms with Gasteiger partial charge in [0.2, 0.25) is 0 Å². The first-order chi connectivity index (χ1) is 7.99. The van der Waals surface area contributed by atoms with E-state index in [0.29, 0.717) is 4.47 Å². The van der Waals surface area contributed by atoms with Crippen molar-refractivity contribution in [3.05, 3.63) is 28.2 Å². The molecule has 0 aromatic heterocycles. The number of aliphatic hydroxyl groups is 1. The minimum absolute atomic E-state index is 0.0751. The number of carbonyl (C=O) groups is 1. The van der Waals surface area contributed by atoms with Gasteiger partial charge in [0.25, 0.3) is 0 Å². The Morgan fingerprint density at radius 1 is 1.35 bits per heavy atom. The third kappa shape index (κ3) is 2.47. The second-order valence-corrected chi connectivity index (χ2v) is 4.81. The molecule has 2 rings (SSSR count). The fourth-order valence-corrected chi connectivity index (χ4v) is 2.26. The molecule has 0 bridgehead atoms. The van der Waals surface area contributed by atoms with Crippen LogP contribution in [-0.2, 0) is 4.79 Å². The summed E-state index contributed by atoms with van der Waals surface area (Å²) in [4.78, 5) is 12.5. The largest absolute Gasteiger partial charge is 0.383 e. The molecule has 0 amide bonds. The molecule has 0 saturated carbocycles. The maximum Gasteiger partial charge on any atom is 0.164 e. The summed E-state index contributed by atoms with van der Waals surface area (Å²) in [5.41, 5.74) is -0.195. The molecule has 1 aliphatic rings. The zero-order valence-electron chi connectivity index (χ0n) is 8.79. The molecule has 1 unspecified atom stereocenters. The normalized spacial score (nSPS) is 20.8. The minimum Gasteiger partial charge on any atom is -0.383 e. The van der Waals surface area contributed by atoms with Gasteiger partial charge in [0.15, 0.2) is 17.4 Å². The summed E-state index contributed by atoms with van der Waals surface area (Å²) >= 11 is 2.99. The number of carbonyl (C=O) groups excluding carboxylic acids is 1. The number of ketones is 1. The van der Waals surface area contributed by atoms with E-state index in [4.69, 9.17) is 0 Å². The second-order valence-electron chi connectivity index (χ2n) is 3.90. The van der Waals surface area contributed by atoms with E-state index in [1.165, 1.54) is 4.90 Å². The monoisotopic (exact) mass is 305 g/mol. The Hall–Kier alpha value is -1.01. The Morgan fingerprint density at radius 3 is 2.47 bits per heavy atom. The zero-order valence-corrected chi connectivity index (χ0v) is 10.4. The van der Waals surface area contributed by atoms with E-state index in [0.717, 1.165) is 12.1 Å². The summed E-state index contributed by atoms with van der Waals surface area (Å²) in [6.07, 6.45) is -1.08. The van der Waals surface area contributed by atoms with E-state index in [1.807, 2.05) is 0 Å². The number of hydrogen-bond donors (Lipinski definition) is 1. The van der Waals surface area contributed by atoms with Gasteiger partial charge in [0.1, 0.15) is 11.8 Å². The predicted octanol–water partition coefficient (Wildman–Crippen LogP) is 1.87. The minimum atomic E-state index is -1.17. The quantitative estimate of drug-likeness (QED) is 0.861. The van der Waals surface area contributed by atoms with Gasteiger partial charge in [0.05, 0.1) is 6.54 Å². The molecule has 1 N–H and O–H groups in total. The highest BCUT2D eigenvalue weighted by molar-refractivity contribution is 9.10. The van der Waals surface area contributed by atoms with Gasteiger partial charge in [-0.05, 0) is 12.1 Å². The van der Waals surface area contributed by atoms with E-state index in [1.54, 1.807) is 0 Å². The average molecular weight is 306 g/mol. The number of anilines is 1. The molecule has 1 aromatic carbocycles. The lowest BCUT2D eigenvalue weighted by atomic mass is 10.1. The van der Waals surface area contributed by atoms with Crippen LogP contribution in [0.5, 0.6) is 0 Å². The number of benzene rings is 1. The van der Waals surface area contributed by atoms with Crippen LogP contribution in [0.4, 0.5) is 14.5 Å². The van der Waals surface area contributed by atoms with Crippen molar-refractivity contribution in [2.24, 2.45) is 0 Å². The summed E-state index contributed by atoms with van der Waals surface area (Å²) in [5, 5.41) is 9.40. The zero-order chi connectivity index (χ0) is 12.6. The number of piperidine rings is 1. The summed E-state index contributed by atoms with van der Waals surface area (Å²) in [5.74, 6) is -1.71. The fraction of sp³-hybridized carbons (Fsp3) is 0.364. The smallest absolute Gasteiger partial charge is 0.164 e. The van der Waals surface area contributed by atoms with E-state index in [9.17, 15) is 18.7 Å². The molecular weight excluding hydrogens is 296 g/mol. The lowest BCUT2D eigenvalue weighted by molar-refractivity contribution is -0.127. The van der Waals surface area contributed by atoms with Crippen molar-refractivity contribution in [1.29, 1.82) is 0 Å². The molecule has 0 radical (unpaired) electrons. The standard InChI is InChI=1S/C11H10BrF2NO2/c12-6-3-7(13)11(8(14)4-6)15-2-1-9(16)10(17)5-15/h3-4,10,17H,1-2,5H2. The van der Waals surface area contributed by atoms with Crippen LogP contribution in [0.25, 0.3) is 0 Å². The summed E-state index contributed by atoms with van der Waals surface area (Å²) < 4.78 is 27.6. The van der Waals surface area contributed by atoms with Crippen molar-refractivity contribution in [2.45, 2.75) is 12.5 Å².